The van der Waals surface area contributed by atoms with Gasteiger partial charge in [0.25, 0.3) is 0 Å². The molecule has 7 nitrogen and oxygen atoms in total. The predicted molar refractivity (Wildman–Crippen MR) is 137 cm³/mol. The molecule has 1 fully saturated rings. The Bertz CT molecular complexity index is 1390. The fourth-order valence-electron chi connectivity index (χ4n) is 5.25. The van der Waals surface area contributed by atoms with Gasteiger partial charge in [-0.15, -0.1) is 11.3 Å². The molecule has 0 unspecified atom stereocenters. The maximum Gasteiger partial charge on any atom is 0.142 e. The molecule has 4 aromatic rings. The minimum atomic E-state index is -0.443. The van der Waals surface area contributed by atoms with Gasteiger partial charge < -0.3 is 10.1 Å². The number of methoxy groups -OCH3 is 1. The molecular weight excluding hydrogens is 487 g/mol. The molecule has 182 valence electrons. The van der Waals surface area contributed by atoms with Crippen LogP contribution < -0.4 is 5.32 Å². The van der Waals surface area contributed by atoms with Gasteiger partial charge in [-0.25, -0.2) is 14.4 Å². The Morgan fingerprint density at radius 3 is 3.03 bits per heavy atom. The zero-order valence-corrected chi connectivity index (χ0v) is 21.0. The quantitative estimate of drug-likeness (QED) is 0.362. The van der Waals surface area contributed by atoms with Gasteiger partial charge in [-0.2, -0.15) is 5.10 Å². The van der Waals surface area contributed by atoms with Crippen molar-refractivity contribution >= 4 is 44.7 Å². The van der Waals surface area contributed by atoms with E-state index in [0.717, 1.165) is 55.0 Å². The number of anilines is 2. The van der Waals surface area contributed by atoms with Crippen LogP contribution in [0, 0.1) is 5.82 Å². The number of halogens is 2. The molecule has 6 rings (SSSR count). The Morgan fingerprint density at radius 1 is 1.26 bits per heavy atom. The Kier molecular flexibility index (Phi) is 6.18. The van der Waals surface area contributed by atoms with Crippen LogP contribution in [0.4, 0.5) is 15.9 Å². The summed E-state index contributed by atoms with van der Waals surface area (Å²) in [5, 5.41) is 9.33. The summed E-state index contributed by atoms with van der Waals surface area (Å²) >= 11 is 7.66. The van der Waals surface area contributed by atoms with Crippen molar-refractivity contribution in [2.45, 2.75) is 38.3 Å². The van der Waals surface area contributed by atoms with Crippen molar-refractivity contribution < 1.29 is 9.13 Å². The third-order valence-corrected chi connectivity index (χ3v) is 8.40. The van der Waals surface area contributed by atoms with Gasteiger partial charge in [-0.1, -0.05) is 11.6 Å². The number of nitrogens with one attached hydrogen (secondary N) is 1. The number of rotatable bonds is 7. The topological polar surface area (TPSA) is 68.1 Å². The van der Waals surface area contributed by atoms with Gasteiger partial charge in [0, 0.05) is 42.0 Å². The number of benzene rings is 1. The van der Waals surface area contributed by atoms with Crippen molar-refractivity contribution in [2.75, 3.05) is 32.1 Å². The lowest BCUT2D eigenvalue weighted by molar-refractivity contribution is 0.113. The summed E-state index contributed by atoms with van der Waals surface area (Å²) in [4.78, 5) is 13.7. The molecule has 35 heavy (non-hydrogen) atoms. The number of nitrogens with zero attached hydrogens (tertiary/aromatic N) is 5. The standard InChI is InChI=1S/C25H26ClFN6OS/c1-34-13-16-3-2-8-32(16)9-10-33-12-18-21(31-33)7-5-17-22-24(28-14-29-25(22)35-23(17)18)30-15-4-6-20(27)19(26)11-15/h4,6,11-12,14,16H,2-3,5,7-10,13H2,1H3,(H,28,29,30)/t16-/m0/s1. The van der Waals surface area contributed by atoms with E-state index in [-0.39, 0.29) is 5.02 Å². The van der Waals surface area contributed by atoms with Crippen LogP contribution in [-0.2, 0) is 24.1 Å². The lowest BCUT2D eigenvalue weighted by Gasteiger charge is -2.23. The molecule has 2 aliphatic rings. The van der Waals surface area contributed by atoms with Gasteiger partial charge in [0.2, 0.25) is 0 Å². The Hall–Kier alpha value is -2.59. The highest BCUT2D eigenvalue weighted by atomic mass is 35.5. The van der Waals surface area contributed by atoms with E-state index >= 15 is 0 Å². The van der Waals surface area contributed by atoms with E-state index in [1.165, 1.54) is 34.9 Å². The van der Waals surface area contributed by atoms with Gasteiger partial charge in [0.05, 0.1) is 29.3 Å². The predicted octanol–water partition coefficient (Wildman–Crippen LogP) is 5.30. The smallest absolute Gasteiger partial charge is 0.142 e. The second-order valence-electron chi connectivity index (χ2n) is 9.11. The van der Waals surface area contributed by atoms with Crippen molar-refractivity contribution in [2.24, 2.45) is 0 Å². The molecule has 1 atom stereocenters. The van der Waals surface area contributed by atoms with E-state index in [1.54, 1.807) is 36.9 Å². The van der Waals surface area contributed by atoms with E-state index < -0.39 is 5.82 Å². The summed E-state index contributed by atoms with van der Waals surface area (Å²) in [5.41, 5.74) is 4.27. The molecule has 1 aliphatic heterocycles. The zero-order chi connectivity index (χ0) is 23.9. The molecule has 0 saturated carbocycles. The number of fused-ring (bicyclic) bond motifs is 5. The van der Waals surface area contributed by atoms with Gasteiger partial charge in [0.15, 0.2) is 0 Å². The molecule has 0 bridgehead atoms. The van der Waals surface area contributed by atoms with Crippen molar-refractivity contribution in [3.63, 3.8) is 0 Å². The Labute approximate surface area is 211 Å². The number of thiophene rings is 1. The average Bonchev–Trinajstić information content (AvgIpc) is 3.56. The maximum absolute atomic E-state index is 13.6. The first kappa shape index (κ1) is 22.8. The van der Waals surface area contributed by atoms with E-state index in [2.05, 4.69) is 31.1 Å². The maximum atomic E-state index is 13.6. The van der Waals surface area contributed by atoms with E-state index in [9.17, 15) is 4.39 Å². The molecular formula is C25H26ClFN6OS. The molecule has 1 aliphatic carbocycles. The summed E-state index contributed by atoms with van der Waals surface area (Å²) in [6.07, 6.45) is 7.95. The van der Waals surface area contributed by atoms with E-state index in [4.69, 9.17) is 21.4 Å². The number of likely N-dealkylation sites (tertiary alicyclic amines) is 1. The van der Waals surface area contributed by atoms with Crippen molar-refractivity contribution in [1.29, 1.82) is 0 Å². The van der Waals surface area contributed by atoms with Gasteiger partial charge in [0.1, 0.15) is 22.8 Å². The number of aromatic nitrogens is 4. The first-order valence-electron chi connectivity index (χ1n) is 11.9. The van der Waals surface area contributed by atoms with Crippen LogP contribution in [-0.4, -0.2) is 57.5 Å². The van der Waals surface area contributed by atoms with E-state index in [1.807, 2.05) is 0 Å². The summed E-state index contributed by atoms with van der Waals surface area (Å²) in [6.45, 7) is 3.77. The number of hydrogen-bond acceptors (Lipinski definition) is 7. The Balaban J connectivity index is 1.28. The third-order valence-electron chi connectivity index (χ3n) is 6.94. The molecule has 3 aromatic heterocycles. The lowest BCUT2D eigenvalue weighted by atomic mass is 9.95. The summed E-state index contributed by atoms with van der Waals surface area (Å²) in [5.74, 6) is 0.269. The highest BCUT2D eigenvalue weighted by Crippen LogP contribution is 2.45. The molecule has 1 N–H and O–H groups in total. The summed E-state index contributed by atoms with van der Waals surface area (Å²) in [7, 11) is 1.78. The first-order valence-corrected chi connectivity index (χ1v) is 13.1. The molecule has 0 radical (unpaired) electrons. The highest BCUT2D eigenvalue weighted by Gasteiger charge is 2.27. The van der Waals surface area contributed by atoms with Crippen LogP contribution >= 0.6 is 22.9 Å². The van der Waals surface area contributed by atoms with Crippen LogP contribution in [0.1, 0.15) is 24.1 Å². The molecule has 0 amide bonds. The second-order valence-corrected chi connectivity index (χ2v) is 10.5. The van der Waals surface area contributed by atoms with Crippen LogP contribution in [0.3, 0.4) is 0 Å². The van der Waals surface area contributed by atoms with Crippen LogP contribution in [0.5, 0.6) is 0 Å². The molecule has 0 spiro atoms. The van der Waals surface area contributed by atoms with Crippen molar-refractivity contribution in [3.8, 4) is 10.4 Å². The molecule has 4 heterocycles. The zero-order valence-electron chi connectivity index (χ0n) is 19.4. The fraction of sp³-hybridized carbons (Fsp3) is 0.400. The van der Waals surface area contributed by atoms with Crippen LogP contribution in [0.2, 0.25) is 5.02 Å². The summed E-state index contributed by atoms with van der Waals surface area (Å²) in [6, 6.07) is 5.10. The van der Waals surface area contributed by atoms with E-state index in [0.29, 0.717) is 17.5 Å². The number of hydrogen-bond donors (Lipinski definition) is 1. The average molecular weight is 513 g/mol. The van der Waals surface area contributed by atoms with Crippen molar-refractivity contribution in [3.05, 3.63) is 52.8 Å². The number of aryl methyl sites for hydroxylation is 2. The van der Waals surface area contributed by atoms with Gasteiger partial charge in [-0.05, 0) is 56.0 Å². The minimum Gasteiger partial charge on any atom is -0.383 e. The normalized spacial score (nSPS) is 17.6. The monoisotopic (exact) mass is 512 g/mol. The molecule has 10 heteroatoms. The SMILES string of the molecule is COC[C@@H]1CCCN1CCn1cc2c(n1)CCc1c-2sc2ncnc(Nc3ccc(F)c(Cl)c3)c12. The third kappa shape index (κ3) is 4.31. The highest BCUT2D eigenvalue weighted by molar-refractivity contribution is 7.22. The fourth-order valence-corrected chi connectivity index (χ4v) is 6.65. The first-order chi connectivity index (χ1) is 17.1. The molecule has 1 saturated heterocycles. The van der Waals surface area contributed by atoms with Crippen LogP contribution in [0.15, 0.2) is 30.7 Å². The largest absolute Gasteiger partial charge is 0.383 e. The second kappa shape index (κ2) is 9.46. The van der Waals surface area contributed by atoms with Crippen molar-refractivity contribution in [1.82, 2.24) is 24.6 Å². The van der Waals surface area contributed by atoms with Crippen LogP contribution in [0.25, 0.3) is 20.7 Å². The summed E-state index contributed by atoms with van der Waals surface area (Å²) < 4.78 is 21.1. The minimum absolute atomic E-state index is 0.0761. The van der Waals surface area contributed by atoms with Gasteiger partial charge >= 0.3 is 0 Å². The Morgan fingerprint density at radius 2 is 2.17 bits per heavy atom. The number of ether oxygens (including phenoxy) is 1. The van der Waals surface area contributed by atoms with Gasteiger partial charge in [-0.3, -0.25) is 9.58 Å². The lowest BCUT2D eigenvalue weighted by Crippen LogP contribution is -2.35. The molecule has 1 aromatic carbocycles.